The SMILES string of the molecule is Cc1cc(C)c2nc(C)cc(Oc3ccc4c(C)cc(=O)oc4c3)c2c1. The van der Waals surface area contributed by atoms with Gasteiger partial charge < -0.3 is 9.15 Å². The summed E-state index contributed by atoms with van der Waals surface area (Å²) in [4.78, 5) is 16.3. The van der Waals surface area contributed by atoms with Crippen LogP contribution in [0, 0.1) is 27.7 Å². The molecule has 0 bridgehead atoms. The van der Waals surface area contributed by atoms with Gasteiger partial charge in [-0.1, -0.05) is 6.07 Å². The third-order valence-corrected chi connectivity index (χ3v) is 4.49. The van der Waals surface area contributed by atoms with E-state index in [1.54, 1.807) is 6.07 Å². The van der Waals surface area contributed by atoms with E-state index in [9.17, 15) is 4.79 Å². The van der Waals surface area contributed by atoms with E-state index < -0.39 is 0 Å². The maximum absolute atomic E-state index is 11.7. The number of hydrogen-bond acceptors (Lipinski definition) is 4. The first kappa shape index (κ1) is 16.3. The minimum Gasteiger partial charge on any atom is -0.456 e. The summed E-state index contributed by atoms with van der Waals surface area (Å²) in [5, 5.41) is 1.87. The van der Waals surface area contributed by atoms with Gasteiger partial charge in [0.15, 0.2) is 0 Å². The summed E-state index contributed by atoms with van der Waals surface area (Å²) < 4.78 is 11.5. The molecule has 0 radical (unpaired) electrons. The minimum absolute atomic E-state index is 0.358. The third-order valence-electron chi connectivity index (χ3n) is 4.49. The molecular formula is C22H19NO3. The van der Waals surface area contributed by atoms with Crippen LogP contribution in [0.2, 0.25) is 0 Å². The fraction of sp³-hybridized carbons (Fsp3) is 0.182. The van der Waals surface area contributed by atoms with E-state index in [1.807, 2.05) is 32.0 Å². The number of nitrogens with zero attached hydrogens (tertiary/aromatic N) is 1. The molecule has 0 atom stereocenters. The van der Waals surface area contributed by atoms with Crippen molar-refractivity contribution in [3.05, 3.63) is 75.3 Å². The smallest absolute Gasteiger partial charge is 0.336 e. The van der Waals surface area contributed by atoms with E-state index in [4.69, 9.17) is 9.15 Å². The van der Waals surface area contributed by atoms with Crippen LogP contribution in [-0.4, -0.2) is 4.98 Å². The molecule has 0 N–H and O–H groups in total. The predicted molar refractivity (Wildman–Crippen MR) is 103 cm³/mol. The Morgan fingerprint density at radius 2 is 1.69 bits per heavy atom. The molecule has 0 aliphatic heterocycles. The average molecular weight is 345 g/mol. The topological polar surface area (TPSA) is 52.3 Å². The zero-order valence-electron chi connectivity index (χ0n) is 15.2. The van der Waals surface area contributed by atoms with Crippen LogP contribution in [0.15, 0.2) is 51.7 Å². The third kappa shape index (κ3) is 2.84. The van der Waals surface area contributed by atoms with Crippen LogP contribution in [-0.2, 0) is 0 Å². The van der Waals surface area contributed by atoms with Crippen LogP contribution in [0.5, 0.6) is 11.5 Å². The van der Waals surface area contributed by atoms with Gasteiger partial charge in [0.05, 0.1) is 5.52 Å². The molecule has 0 aliphatic rings. The standard InChI is InChI=1S/C22H19NO3/c1-12-7-14(3)22-18(8-12)19(10-15(4)23-22)25-16-5-6-17-13(2)9-21(24)26-20(17)11-16/h5-11H,1-4H3. The van der Waals surface area contributed by atoms with Gasteiger partial charge in [0.2, 0.25) is 0 Å². The normalized spacial score (nSPS) is 11.2. The van der Waals surface area contributed by atoms with Crippen molar-refractivity contribution in [2.75, 3.05) is 0 Å². The van der Waals surface area contributed by atoms with E-state index in [2.05, 4.69) is 31.0 Å². The van der Waals surface area contributed by atoms with Gasteiger partial charge in [-0.15, -0.1) is 0 Å². The zero-order valence-corrected chi connectivity index (χ0v) is 15.2. The zero-order chi connectivity index (χ0) is 18.4. The number of aryl methyl sites for hydroxylation is 4. The lowest BCUT2D eigenvalue weighted by Crippen LogP contribution is -1.98. The summed E-state index contributed by atoms with van der Waals surface area (Å²) in [6.07, 6.45) is 0. The molecule has 0 amide bonds. The van der Waals surface area contributed by atoms with E-state index in [1.165, 1.54) is 6.07 Å². The second kappa shape index (κ2) is 5.99. The van der Waals surface area contributed by atoms with Crippen LogP contribution in [0.1, 0.15) is 22.4 Å². The van der Waals surface area contributed by atoms with Gasteiger partial charge >= 0.3 is 5.63 Å². The number of hydrogen-bond donors (Lipinski definition) is 0. The Balaban J connectivity index is 1.87. The van der Waals surface area contributed by atoms with Crippen molar-refractivity contribution in [3.63, 3.8) is 0 Å². The van der Waals surface area contributed by atoms with Crippen molar-refractivity contribution in [3.8, 4) is 11.5 Å². The summed E-state index contributed by atoms with van der Waals surface area (Å²) in [5.41, 5.74) is 5.16. The molecule has 0 saturated heterocycles. The maximum atomic E-state index is 11.7. The molecule has 0 fully saturated rings. The number of benzene rings is 2. The number of ether oxygens (including phenoxy) is 1. The number of rotatable bonds is 2. The molecule has 4 nitrogen and oxygen atoms in total. The van der Waals surface area contributed by atoms with Crippen molar-refractivity contribution >= 4 is 21.9 Å². The van der Waals surface area contributed by atoms with Gasteiger partial charge in [-0.3, -0.25) is 4.98 Å². The van der Waals surface area contributed by atoms with Gasteiger partial charge in [-0.25, -0.2) is 4.79 Å². The lowest BCUT2D eigenvalue weighted by molar-refractivity contribution is 0.485. The number of pyridine rings is 1. The van der Waals surface area contributed by atoms with Crippen molar-refractivity contribution < 1.29 is 9.15 Å². The van der Waals surface area contributed by atoms with E-state index in [-0.39, 0.29) is 5.63 Å². The first-order valence-electron chi connectivity index (χ1n) is 8.52. The predicted octanol–water partition coefficient (Wildman–Crippen LogP) is 5.37. The van der Waals surface area contributed by atoms with Crippen molar-refractivity contribution in [2.24, 2.45) is 0 Å². The van der Waals surface area contributed by atoms with Crippen LogP contribution >= 0.6 is 0 Å². The van der Waals surface area contributed by atoms with E-state index in [0.717, 1.165) is 44.4 Å². The van der Waals surface area contributed by atoms with Crippen molar-refractivity contribution in [1.29, 1.82) is 0 Å². The van der Waals surface area contributed by atoms with Gasteiger partial charge in [0.25, 0.3) is 0 Å². The molecule has 0 aliphatic carbocycles. The maximum Gasteiger partial charge on any atom is 0.336 e. The number of aromatic nitrogens is 1. The fourth-order valence-corrected chi connectivity index (χ4v) is 3.35. The molecule has 26 heavy (non-hydrogen) atoms. The summed E-state index contributed by atoms with van der Waals surface area (Å²) >= 11 is 0. The molecule has 0 saturated carbocycles. The molecule has 2 aromatic carbocycles. The summed E-state index contributed by atoms with van der Waals surface area (Å²) in [6, 6.07) is 13.2. The molecule has 0 spiro atoms. The summed E-state index contributed by atoms with van der Waals surface area (Å²) in [7, 11) is 0. The second-order valence-corrected chi connectivity index (χ2v) is 6.75. The quantitative estimate of drug-likeness (QED) is 0.459. The Hall–Kier alpha value is -3.14. The molecule has 0 unspecified atom stereocenters. The molecule has 4 aromatic rings. The van der Waals surface area contributed by atoms with E-state index in [0.29, 0.717) is 11.3 Å². The van der Waals surface area contributed by atoms with Crippen molar-refractivity contribution in [1.82, 2.24) is 4.98 Å². The van der Waals surface area contributed by atoms with Crippen LogP contribution in [0.4, 0.5) is 0 Å². The Kier molecular flexibility index (Phi) is 3.76. The molecule has 2 aromatic heterocycles. The monoisotopic (exact) mass is 345 g/mol. The Bertz CT molecular complexity index is 1220. The highest BCUT2D eigenvalue weighted by molar-refractivity contribution is 5.89. The highest BCUT2D eigenvalue weighted by atomic mass is 16.5. The fourth-order valence-electron chi connectivity index (χ4n) is 3.35. The largest absolute Gasteiger partial charge is 0.456 e. The van der Waals surface area contributed by atoms with Crippen LogP contribution < -0.4 is 10.4 Å². The van der Waals surface area contributed by atoms with Crippen molar-refractivity contribution in [2.45, 2.75) is 27.7 Å². The molecule has 130 valence electrons. The molecule has 2 heterocycles. The van der Waals surface area contributed by atoms with Gasteiger partial charge in [0.1, 0.15) is 17.1 Å². The van der Waals surface area contributed by atoms with Gasteiger partial charge in [-0.05, 0) is 62.6 Å². The van der Waals surface area contributed by atoms with Gasteiger partial charge in [-0.2, -0.15) is 0 Å². The minimum atomic E-state index is -0.358. The highest BCUT2D eigenvalue weighted by Crippen LogP contribution is 2.33. The van der Waals surface area contributed by atoms with Gasteiger partial charge in [0, 0.05) is 34.7 Å². The Morgan fingerprint density at radius 1 is 0.885 bits per heavy atom. The summed E-state index contributed by atoms with van der Waals surface area (Å²) in [5.74, 6) is 1.37. The average Bonchev–Trinajstić information content (AvgIpc) is 2.55. The Labute approximate surface area is 151 Å². The Morgan fingerprint density at radius 3 is 2.50 bits per heavy atom. The van der Waals surface area contributed by atoms with E-state index >= 15 is 0 Å². The van der Waals surface area contributed by atoms with Crippen LogP contribution in [0.25, 0.3) is 21.9 Å². The van der Waals surface area contributed by atoms with Crippen LogP contribution in [0.3, 0.4) is 0 Å². The lowest BCUT2D eigenvalue weighted by atomic mass is 10.1. The molecule has 4 rings (SSSR count). The lowest BCUT2D eigenvalue weighted by Gasteiger charge is -2.12. The first-order chi connectivity index (χ1) is 12.4. The number of fused-ring (bicyclic) bond motifs is 2. The molecular weight excluding hydrogens is 326 g/mol. The molecule has 4 heteroatoms. The summed E-state index contributed by atoms with van der Waals surface area (Å²) in [6.45, 7) is 7.96. The highest BCUT2D eigenvalue weighted by Gasteiger charge is 2.11. The first-order valence-corrected chi connectivity index (χ1v) is 8.52. The second-order valence-electron chi connectivity index (χ2n) is 6.75.